The van der Waals surface area contributed by atoms with Crippen LogP contribution in [0, 0.1) is 17.1 Å². The third-order valence-corrected chi connectivity index (χ3v) is 4.42. The summed E-state index contributed by atoms with van der Waals surface area (Å²) in [5, 5.41) is 11.8. The number of hydrogen-bond acceptors (Lipinski definition) is 5. The third kappa shape index (κ3) is 4.69. The van der Waals surface area contributed by atoms with Gasteiger partial charge < -0.3 is 14.5 Å². The first-order chi connectivity index (χ1) is 14.1. The minimum absolute atomic E-state index is 0.127. The number of benzene rings is 2. The molecule has 0 unspecified atom stereocenters. The molecule has 1 aromatic heterocycles. The Hall–Kier alpha value is -3.60. The molecular weight excluding hydrogens is 389 g/mol. The number of nitriles is 1. The molecule has 0 bridgehead atoms. The van der Waals surface area contributed by atoms with Crippen molar-refractivity contribution in [3.63, 3.8) is 0 Å². The molecule has 0 saturated carbocycles. The fourth-order valence-corrected chi connectivity index (χ4v) is 3.03. The molecule has 0 aliphatic carbocycles. The van der Waals surface area contributed by atoms with E-state index >= 15 is 0 Å². The second-order valence-corrected chi connectivity index (χ2v) is 7.96. The zero-order valence-corrected chi connectivity index (χ0v) is 17.2. The lowest BCUT2D eigenvalue weighted by atomic mass is 10.00. The molecule has 1 atom stereocenters. The van der Waals surface area contributed by atoms with Crippen LogP contribution in [-0.2, 0) is 18.2 Å². The first-order valence-corrected chi connectivity index (χ1v) is 9.35. The highest BCUT2D eigenvalue weighted by Crippen LogP contribution is 2.27. The fraction of sp³-hybridized carbons (Fsp3) is 0.318. The molecule has 0 saturated heterocycles. The van der Waals surface area contributed by atoms with Crippen LogP contribution < -0.4 is 11.1 Å². The number of oxazole rings is 1. The summed E-state index contributed by atoms with van der Waals surface area (Å²) in [5.74, 6) is -0.965. The highest BCUT2D eigenvalue weighted by molar-refractivity contribution is 5.80. The highest BCUT2D eigenvalue weighted by Gasteiger charge is 2.20. The molecule has 0 radical (unpaired) electrons. The van der Waals surface area contributed by atoms with Crippen LogP contribution in [0.25, 0.3) is 22.2 Å². The summed E-state index contributed by atoms with van der Waals surface area (Å²) < 4.78 is 26.4. The number of halogens is 1. The van der Waals surface area contributed by atoms with Crippen molar-refractivity contribution >= 4 is 17.2 Å². The summed E-state index contributed by atoms with van der Waals surface area (Å²) in [6, 6.07) is 10.7. The van der Waals surface area contributed by atoms with E-state index in [1.165, 1.54) is 10.6 Å². The van der Waals surface area contributed by atoms with Gasteiger partial charge in [0.2, 0.25) is 0 Å². The number of rotatable bonds is 4. The second kappa shape index (κ2) is 8.03. The van der Waals surface area contributed by atoms with Gasteiger partial charge in [0.25, 0.3) is 0 Å². The average Bonchev–Trinajstić information content (AvgIpc) is 2.93. The molecule has 1 N–H and O–H groups in total. The SMILES string of the molecule is Cn1c(=O)oc2ccc(-c3ccc(C[C@@H](C#N)NC(=O)OC(C)(C)C)cc3F)cc21. The van der Waals surface area contributed by atoms with Gasteiger partial charge in [-0.05, 0) is 50.1 Å². The first-order valence-electron chi connectivity index (χ1n) is 9.35. The fourth-order valence-electron chi connectivity index (χ4n) is 3.03. The molecule has 2 aromatic carbocycles. The van der Waals surface area contributed by atoms with Crippen molar-refractivity contribution < 1.29 is 18.3 Å². The van der Waals surface area contributed by atoms with E-state index in [2.05, 4.69) is 5.32 Å². The van der Waals surface area contributed by atoms with E-state index in [1.54, 1.807) is 58.2 Å². The quantitative estimate of drug-likeness (QED) is 0.702. The number of hydrogen-bond donors (Lipinski definition) is 1. The standard InChI is InChI=1S/C22H22FN3O4/c1-22(2,3)30-20(27)25-15(12-24)9-13-5-7-16(17(23)10-13)14-6-8-19-18(11-14)26(4)21(28)29-19/h5-8,10-11,15H,9H2,1-4H3,(H,25,27)/t15-/m0/s1. The molecule has 3 rings (SSSR count). The largest absolute Gasteiger partial charge is 0.444 e. The summed E-state index contributed by atoms with van der Waals surface area (Å²) in [7, 11) is 1.58. The summed E-state index contributed by atoms with van der Waals surface area (Å²) in [6.45, 7) is 5.17. The normalized spacial score (nSPS) is 12.4. The molecule has 0 spiro atoms. The Morgan fingerprint density at radius 3 is 2.67 bits per heavy atom. The van der Waals surface area contributed by atoms with Crippen molar-refractivity contribution in [2.24, 2.45) is 7.05 Å². The first kappa shape index (κ1) is 21.1. The van der Waals surface area contributed by atoms with Crippen molar-refractivity contribution in [1.29, 1.82) is 5.26 Å². The smallest absolute Gasteiger partial charge is 0.419 e. The zero-order chi connectivity index (χ0) is 22.1. The molecule has 7 nitrogen and oxygen atoms in total. The third-order valence-electron chi connectivity index (χ3n) is 4.42. The number of amides is 1. The van der Waals surface area contributed by atoms with Gasteiger partial charge in [0, 0.05) is 19.0 Å². The Balaban J connectivity index is 1.79. The number of nitrogens with one attached hydrogen (secondary N) is 1. The van der Waals surface area contributed by atoms with E-state index in [-0.39, 0.29) is 6.42 Å². The van der Waals surface area contributed by atoms with E-state index in [4.69, 9.17) is 9.15 Å². The Morgan fingerprint density at radius 1 is 1.30 bits per heavy atom. The van der Waals surface area contributed by atoms with Crippen LogP contribution in [-0.4, -0.2) is 22.3 Å². The lowest BCUT2D eigenvalue weighted by Crippen LogP contribution is -2.39. The number of fused-ring (bicyclic) bond motifs is 1. The van der Waals surface area contributed by atoms with Gasteiger partial charge in [-0.15, -0.1) is 0 Å². The molecule has 0 aliphatic heterocycles. The van der Waals surface area contributed by atoms with E-state index in [0.29, 0.717) is 27.8 Å². The number of carbonyl (C=O) groups is 1. The van der Waals surface area contributed by atoms with Crippen LogP contribution >= 0.6 is 0 Å². The Labute approximate surface area is 172 Å². The van der Waals surface area contributed by atoms with Crippen LogP contribution in [0.5, 0.6) is 0 Å². The maximum atomic E-state index is 14.8. The molecular formula is C22H22FN3O4. The maximum Gasteiger partial charge on any atom is 0.419 e. The predicted octanol–water partition coefficient (Wildman–Crippen LogP) is 3.90. The van der Waals surface area contributed by atoms with Gasteiger partial charge in [0.1, 0.15) is 17.5 Å². The minimum Gasteiger partial charge on any atom is -0.444 e. The van der Waals surface area contributed by atoms with Gasteiger partial charge in [-0.25, -0.2) is 14.0 Å². The van der Waals surface area contributed by atoms with Gasteiger partial charge in [-0.1, -0.05) is 18.2 Å². The second-order valence-electron chi connectivity index (χ2n) is 7.96. The number of aromatic nitrogens is 1. The van der Waals surface area contributed by atoms with Gasteiger partial charge in [0.15, 0.2) is 5.58 Å². The monoisotopic (exact) mass is 411 g/mol. The van der Waals surface area contributed by atoms with Crippen LogP contribution in [0.15, 0.2) is 45.6 Å². The van der Waals surface area contributed by atoms with E-state index < -0.39 is 29.3 Å². The summed E-state index contributed by atoms with van der Waals surface area (Å²) in [4.78, 5) is 23.5. The van der Waals surface area contributed by atoms with Gasteiger partial charge in [-0.2, -0.15) is 5.26 Å². The lowest BCUT2D eigenvalue weighted by molar-refractivity contribution is 0.0516. The minimum atomic E-state index is -0.859. The summed E-state index contributed by atoms with van der Waals surface area (Å²) in [5.41, 5.74) is 1.79. The molecule has 0 fully saturated rings. The molecule has 3 aromatic rings. The molecule has 8 heteroatoms. The van der Waals surface area contributed by atoms with Gasteiger partial charge in [-0.3, -0.25) is 4.57 Å². The van der Waals surface area contributed by atoms with E-state index in [9.17, 15) is 19.2 Å². The number of ether oxygens (including phenoxy) is 1. The van der Waals surface area contributed by atoms with Crippen LogP contribution in [0.2, 0.25) is 0 Å². The molecule has 30 heavy (non-hydrogen) atoms. The summed E-state index contributed by atoms with van der Waals surface area (Å²) >= 11 is 0. The molecule has 1 amide bonds. The topological polar surface area (TPSA) is 97.3 Å². The van der Waals surface area contributed by atoms with Gasteiger partial charge in [0.05, 0.1) is 11.6 Å². The lowest BCUT2D eigenvalue weighted by Gasteiger charge is -2.21. The predicted molar refractivity (Wildman–Crippen MR) is 109 cm³/mol. The number of carbonyl (C=O) groups excluding carboxylic acids is 1. The average molecular weight is 411 g/mol. The van der Waals surface area contributed by atoms with Gasteiger partial charge >= 0.3 is 11.8 Å². The number of nitrogens with zero attached hydrogens (tertiary/aromatic N) is 2. The van der Waals surface area contributed by atoms with Crippen molar-refractivity contribution in [3.8, 4) is 17.2 Å². The molecule has 0 aliphatic rings. The van der Waals surface area contributed by atoms with E-state index in [0.717, 1.165) is 0 Å². The zero-order valence-electron chi connectivity index (χ0n) is 17.2. The van der Waals surface area contributed by atoms with Crippen LogP contribution in [0.4, 0.5) is 9.18 Å². The Kier molecular flexibility index (Phi) is 5.65. The Bertz CT molecular complexity index is 1200. The highest BCUT2D eigenvalue weighted by atomic mass is 19.1. The Morgan fingerprint density at radius 2 is 2.03 bits per heavy atom. The van der Waals surface area contributed by atoms with Crippen molar-refractivity contribution in [2.45, 2.75) is 38.8 Å². The van der Waals surface area contributed by atoms with Crippen LogP contribution in [0.3, 0.4) is 0 Å². The number of alkyl carbamates (subject to hydrolysis) is 1. The molecule has 1 heterocycles. The van der Waals surface area contributed by atoms with Crippen LogP contribution in [0.1, 0.15) is 26.3 Å². The van der Waals surface area contributed by atoms with E-state index in [1.807, 2.05) is 6.07 Å². The maximum absolute atomic E-state index is 14.8. The van der Waals surface area contributed by atoms with Crippen molar-refractivity contribution in [1.82, 2.24) is 9.88 Å². The summed E-state index contributed by atoms with van der Waals surface area (Å²) in [6.07, 6.45) is -0.576. The molecule has 156 valence electrons. The van der Waals surface area contributed by atoms with Crippen molar-refractivity contribution in [3.05, 3.63) is 58.3 Å². The number of aryl methyl sites for hydroxylation is 1. The van der Waals surface area contributed by atoms with Crippen molar-refractivity contribution in [2.75, 3.05) is 0 Å².